The summed E-state index contributed by atoms with van der Waals surface area (Å²) in [7, 11) is 0. The van der Waals surface area contributed by atoms with Crippen LogP contribution < -0.4 is 10.6 Å². The fourth-order valence-electron chi connectivity index (χ4n) is 2.79. The number of rotatable bonds is 3. The van der Waals surface area contributed by atoms with E-state index in [1.807, 2.05) is 0 Å². The molecule has 0 bridgehead atoms. The Morgan fingerprint density at radius 3 is 2.57 bits per heavy atom. The van der Waals surface area contributed by atoms with Crippen molar-refractivity contribution in [2.24, 2.45) is 11.8 Å². The molecule has 5 nitrogen and oxygen atoms in total. The normalized spacial score (nSPS) is 25.1. The molecule has 0 aliphatic heterocycles. The van der Waals surface area contributed by atoms with Gasteiger partial charge in [-0.2, -0.15) is 0 Å². The maximum Gasteiger partial charge on any atom is 0.269 e. The second-order valence-electron chi connectivity index (χ2n) is 5.78. The number of benzene rings is 1. The zero-order valence-corrected chi connectivity index (χ0v) is 13.2. The highest BCUT2D eigenvalue weighted by Crippen LogP contribution is 2.29. The summed E-state index contributed by atoms with van der Waals surface area (Å²) in [5.41, 5.74) is 0.837. The molecule has 0 saturated heterocycles. The van der Waals surface area contributed by atoms with Crippen molar-refractivity contribution >= 4 is 28.7 Å². The molecule has 1 saturated carbocycles. The summed E-state index contributed by atoms with van der Waals surface area (Å²) in [6.45, 7) is 4.54. The van der Waals surface area contributed by atoms with Gasteiger partial charge in [0, 0.05) is 23.9 Å². The monoisotopic (exact) mass is 307 g/mol. The Balaban J connectivity index is 1.90. The van der Waals surface area contributed by atoms with E-state index in [1.165, 1.54) is 25.0 Å². The molecule has 0 radical (unpaired) electrons. The largest absolute Gasteiger partial charge is 0.359 e. The molecule has 3 atom stereocenters. The first-order valence-electron chi connectivity index (χ1n) is 7.29. The smallest absolute Gasteiger partial charge is 0.269 e. The Morgan fingerprint density at radius 1 is 1.29 bits per heavy atom. The van der Waals surface area contributed by atoms with Crippen LogP contribution in [-0.2, 0) is 0 Å². The van der Waals surface area contributed by atoms with Crippen LogP contribution in [0.15, 0.2) is 24.3 Å². The van der Waals surface area contributed by atoms with Crippen LogP contribution in [0.1, 0.15) is 33.1 Å². The van der Waals surface area contributed by atoms with Gasteiger partial charge >= 0.3 is 0 Å². The van der Waals surface area contributed by atoms with Gasteiger partial charge in [0.2, 0.25) is 0 Å². The van der Waals surface area contributed by atoms with Crippen molar-refractivity contribution in [2.75, 3.05) is 5.32 Å². The fourth-order valence-corrected chi connectivity index (χ4v) is 3.06. The molecular formula is C15H21N3O2S. The molecule has 1 fully saturated rings. The minimum absolute atomic E-state index is 0.0779. The summed E-state index contributed by atoms with van der Waals surface area (Å²) < 4.78 is 0. The maximum absolute atomic E-state index is 10.6. The van der Waals surface area contributed by atoms with Crippen molar-refractivity contribution < 1.29 is 4.92 Å². The van der Waals surface area contributed by atoms with Crippen LogP contribution >= 0.6 is 12.2 Å². The van der Waals surface area contributed by atoms with Crippen LogP contribution in [0, 0.1) is 22.0 Å². The number of nitrogens with one attached hydrogen (secondary N) is 2. The second kappa shape index (κ2) is 6.85. The number of nitro groups is 1. The molecule has 1 aliphatic carbocycles. The summed E-state index contributed by atoms with van der Waals surface area (Å²) in [6, 6.07) is 6.66. The maximum atomic E-state index is 10.6. The topological polar surface area (TPSA) is 67.2 Å². The van der Waals surface area contributed by atoms with E-state index in [9.17, 15) is 10.1 Å². The predicted octanol–water partition coefficient (Wildman–Crippen LogP) is 3.71. The zero-order chi connectivity index (χ0) is 15.4. The van der Waals surface area contributed by atoms with E-state index in [0.717, 1.165) is 12.1 Å². The lowest BCUT2D eigenvalue weighted by atomic mass is 9.78. The SMILES string of the molecule is C[C@@H]1[C@@H](C)CCC[C@H]1NC(=S)Nc1ccc([N+](=O)[O-])cc1. The minimum atomic E-state index is -0.411. The molecule has 1 aliphatic rings. The van der Waals surface area contributed by atoms with E-state index in [1.54, 1.807) is 12.1 Å². The van der Waals surface area contributed by atoms with Crippen molar-refractivity contribution in [1.29, 1.82) is 0 Å². The fraction of sp³-hybridized carbons (Fsp3) is 0.533. The summed E-state index contributed by atoms with van der Waals surface area (Å²) in [6.07, 6.45) is 3.64. The molecule has 21 heavy (non-hydrogen) atoms. The zero-order valence-electron chi connectivity index (χ0n) is 12.3. The van der Waals surface area contributed by atoms with Crippen LogP contribution in [-0.4, -0.2) is 16.1 Å². The third kappa shape index (κ3) is 4.14. The van der Waals surface area contributed by atoms with E-state index in [2.05, 4.69) is 24.5 Å². The predicted molar refractivity (Wildman–Crippen MR) is 88.4 cm³/mol. The van der Waals surface area contributed by atoms with Crippen LogP contribution in [0.25, 0.3) is 0 Å². The Morgan fingerprint density at radius 2 is 1.95 bits per heavy atom. The van der Waals surface area contributed by atoms with E-state index < -0.39 is 4.92 Å². The van der Waals surface area contributed by atoms with Crippen molar-refractivity contribution in [3.05, 3.63) is 34.4 Å². The molecule has 2 N–H and O–H groups in total. The van der Waals surface area contributed by atoms with E-state index in [0.29, 0.717) is 23.0 Å². The number of nitrogens with zero attached hydrogens (tertiary/aromatic N) is 1. The van der Waals surface area contributed by atoms with Gasteiger partial charge in [0.15, 0.2) is 5.11 Å². The molecule has 6 heteroatoms. The summed E-state index contributed by atoms with van der Waals surface area (Å²) in [5, 5.41) is 17.6. The number of hydrogen-bond donors (Lipinski definition) is 2. The number of anilines is 1. The number of nitro benzene ring substituents is 1. The quantitative estimate of drug-likeness (QED) is 0.506. The molecule has 114 valence electrons. The third-order valence-corrected chi connectivity index (χ3v) is 4.58. The van der Waals surface area contributed by atoms with Gasteiger partial charge in [0.05, 0.1) is 4.92 Å². The van der Waals surface area contributed by atoms with Crippen LogP contribution in [0.4, 0.5) is 11.4 Å². The van der Waals surface area contributed by atoms with Crippen LogP contribution in [0.2, 0.25) is 0 Å². The molecular weight excluding hydrogens is 286 g/mol. The highest BCUT2D eigenvalue weighted by molar-refractivity contribution is 7.80. The third-order valence-electron chi connectivity index (χ3n) is 4.36. The van der Waals surface area contributed by atoms with Crippen LogP contribution in [0.5, 0.6) is 0 Å². The second-order valence-corrected chi connectivity index (χ2v) is 6.18. The lowest BCUT2D eigenvalue weighted by Gasteiger charge is -2.35. The first-order valence-corrected chi connectivity index (χ1v) is 7.70. The molecule has 0 amide bonds. The Hall–Kier alpha value is -1.69. The molecule has 0 aromatic heterocycles. The van der Waals surface area contributed by atoms with Gasteiger partial charge in [-0.3, -0.25) is 10.1 Å². The standard InChI is InChI=1S/C15H21N3O2S/c1-10-4-3-5-14(11(10)2)17-15(21)16-12-6-8-13(9-7-12)18(19)20/h6-11,14H,3-5H2,1-2H3,(H2,16,17,21)/t10-,11+,14+/m0/s1. The molecule has 2 rings (SSSR count). The van der Waals surface area contributed by atoms with Crippen molar-refractivity contribution in [3.8, 4) is 0 Å². The lowest BCUT2D eigenvalue weighted by molar-refractivity contribution is -0.384. The molecule has 0 spiro atoms. The van der Waals surface area contributed by atoms with Crippen molar-refractivity contribution in [1.82, 2.24) is 5.32 Å². The molecule has 0 unspecified atom stereocenters. The number of non-ortho nitro benzene ring substituents is 1. The van der Waals surface area contributed by atoms with Crippen molar-refractivity contribution in [3.63, 3.8) is 0 Å². The average Bonchev–Trinajstić information content (AvgIpc) is 2.44. The summed E-state index contributed by atoms with van der Waals surface area (Å²) >= 11 is 5.34. The lowest BCUT2D eigenvalue weighted by Crippen LogP contribution is -2.45. The number of hydrogen-bond acceptors (Lipinski definition) is 3. The molecule has 1 aromatic carbocycles. The van der Waals surface area contributed by atoms with E-state index >= 15 is 0 Å². The van der Waals surface area contributed by atoms with Gasteiger partial charge in [0.25, 0.3) is 5.69 Å². The average molecular weight is 307 g/mol. The highest BCUT2D eigenvalue weighted by atomic mass is 32.1. The van der Waals surface area contributed by atoms with Gasteiger partial charge in [-0.15, -0.1) is 0 Å². The minimum Gasteiger partial charge on any atom is -0.359 e. The molecule has 0 heterocycles. The first-order chi connectivity index (χ1) is 9.97. The van der Waals surface area contributed by atoms with E-state index in [-0.39, 0.29) is 5.69 Å². The highest BCUT2D eigenvalue weighted by Gasteiger charge is 2.27. The number of thiocarbonyl (C=S) groups is 1. The molecule has 1 aromatic rings. The van der Waals surface area contributed by atoms with Crippen LogP contribution in [0.3, 0.4) is 0 Å². The Bertz CT molecular complexity index is 518. The first kappa shape index (κ1) is 15.7. The summed E-state index contributed by atoms with van der Waals surface area (Å²) in [4.78, 5) is 10.2. The Labute approximate surface area is 130 Å². The van der Waals surface area contributed by atoms with Gasteiger partial charge in [0.1, 0.15) is 0 Å². The van der Waals surface area contributed by atoms with Gasteiger partial charge < -0.3 is 10.6 Å². The van der Waals surface area contributed by atoms with Gasteiger partial charge in [-0.1, -0.05) is 26.7 Å². The van der Waals surface area contributed by atoms with E-state index in [4.69, 9.17) is 12.2 Å². The van der Waals surface area contributed by atoms with Crippen molar-refractivity contribution in [2.45, 2.75) is 39.2 Å². The van der Waals surface area contributed by atoms with Gasteiger partial charge in [-0.25, -0.2) is 0 Å². The Kier molecular flexibility index (Phi) is 5.12. The summed E-state index contributed by atoms with van der Waals surface area (Å²) in [5.74, 6) is 1.30. The van der Waals surface area contributed by atoms with Gasteiger partial charge in [-0.05, 0) is 42.6 Å².